The van der Waals surface area contributed by atoms with E-state index in [4.69, 9.17) is 1.37 Å². The molecule has 2 aromatic heterocycles. The molecule has 0 fully saturated rings. The molecule has 2 rings (SSSR count). The first-order chi connectivity index (χ1) is 5.75. The maximum absolute atomic E-state index is 10.8. The Morgan fingerprint density at radius 3 is 3.27 bits per heavy atom. The van der Waals surface area contributed by atoms with Gasteiger partial charge in [0.25, 0.3) is 0 Å². The molecule has 0 unspecified atom stereocenters. The van der Waals surface area contributed by atoms with Crippen molar-refractivity contribution in [2.75, 3.05) is 0 Å². The molecule has 11 heavy (non-hydrogen) atoms. The topological polar surface area (TPSA) is 45.8 Å². The minimum absolute atomic E-state index is 0.157. The molecular formula is C8H6N2O. The molecule has 0 radical (unpaired) electrons. The van der Waals surface area contributed by atoms with Gasteiger partial charge in [-0.1, -0.05) is 0 Å². The zero-order valence-corrected chi connectivity index (χ0v) is 5.66. The Kier molecular flexibility index (Phi) is 1.01. The van der Waals surface area contributed by atoms with Crippen LogP contribution in [0, 0.1) is 0 Å². The lowest BCUT2D eigenvalue weighted by Crippen LogP contribution is -2.02. The number of pyridine rings is 2. The van der Waals surface area contributed by atoms with Crippen molar-refractivity contribution >= 4 is 11.0 Å². The highest BCUT2D eigenvalue weighted by molar-refractivity contribution is 5.73. The molecule has 0 aromatic carbocycles. The van der Waals surface area contributed by atoms with Crippen molar-refractivity contribution in [3.05, 3.63) is 40.8 Å². The van der Waals surface area contributed by atoms with Crippen LogP contribution in [0.1, 0.15) is 1.37 Å². The van der Waals surface area contributed by atoms with Gasteiger partial charge in [-0.3, -0.25) is 4.79 Å². The largest absolute Gasteiger partial charge is 0.307 e. The quantitative estimate of drug-likeness (QED) is 0.602. The van der Waals surface area contributed by atoms with Gasteiger partial charge < -0.3 is 4.98 Å². The number of rotatable bonds is 0. The molecule has 2 heterocycles. The molecule has 0 aliphatic rings. The van der Waals surface area contributed by atoms with Crippen molar-refractivity contribution in [3.8, 4) is 0 Å². The Balaban J connectivity index is 2.89. The van der Waals surface area contributed by atoms with Gasteiger partial charge in [0, 0.05) is 17.6 Å². The summed E-state index contributed by atoms with van der Waals surface area (Å²) in [7, 11) is 0. The van der Waals surface area contributed by atoms with Crippen LogP contribution in [0.25, 0.3) is 11.0 Å². The number of aromatic nitrogens is 2. The van der Waals surface area contributed by atoms with Gasteiger partial charge >= 0.3 is 0 Å². The average molecular weight is 147 g/mol. The van der Waals surface area contributed by atoms with Crippen LogP contribution in [0.3, 0.4) is 0 Å². The number of hydrogen-bond donors (Lipinski definition) is 1. The van der Waals surface area contributed by atoms with Gasteiger partial charge in [0.2, 0.25) is 5.56 Å². The Morgan fingerprint density at radius 2 is 2.36 bits per heavy atom. The Hall–Kier alpha value is -1.64. The number of nitrogens with one attached hydrogen (secondary N) is 1. The van der Waals surface area contributed by atoms with Gasteiger partial charge in [-0.2, -0.15) is 0 Å². The second-order valence-corrected chi connectivity index (χ2v) is 2.20. The van der Waals surface area contributed by atoms with Crippen LogP contribution in [-0.2, 0) is 0 Å². The second kappa shape index (κ2) is 2.20. The van der Waals surface area contributed by atoms with Gasteiger partial charge in [-0.15, -0.1) is 0 Å². The normalized spacial score (nSPS) is 11.5. The van der Waals surface area contributed by atoms with Gasteiger partial charge in [-0.25, -0.2) is 4.98 Å². The zero-order chi connectivity index (χ0) is 8.55. The summed E-state index contributed by atoms with van der Waals surface area (Å²) in [6.45, 7) is 0. The Bertz CT molecular complexity index is 478. The molecule has 0 amide bonds. The van der Waals surface area contributed by atoms with Crippen LogP contribution in [0.2, 0.25) is 0 Å². The molecule has 54 valence electrons. The van der Waals surface area contributed by atoms with E-state index < -0.39 is 0 Å². The lowest BCUT2D eigenvalue weighted by atomic mass is 10.3. The average Bonchev–Trinajstić information content (AvgIpc) is 2.03. The minimum atomic E-state index is -0.194. The molecule has 0 saturated heterocycles. The molecule has 0 saturated carbocycles. The summed E-state index contributed by atoms with van der Waals surface area (Å²) >= 11 is 0. The maximum Gasteiger partial charge on any atom is 0.249 e. The van der Waals surface area contributed by atoms with Crippen LogP contribution in [0.5, 0.6) is 0 Å². The van der Waals surface area contributed by atoms with E-state index in [1.54, 1.807) is 18.2 Å². The van der Waals surface area contributed by atoms with Gasteiger partial charge in [0.1, 0.15) is 5.65 Å². The van der Waals surface area contributed by atoms with Crippen LogP contribution < -0.4 is 5.56 Å². The van der Waals surface area contributed by atoms with E-state index in [-0.39, 0.29) is 11.7 Å². The third kappa shape index (κ3) is 1.00. The van der Waals surface area contributed by atoms with Crippen LogP contribution in [0.4, 0.5) is 0 Å². The van der Waals surface area contributed by atoms with E-state index in [9.17, 15) is 4.79 Å². The Morgan fingerprint density at radius 1 is 1.45 bits per heavy atom. The van der Waals surface area contributed by atoms with Crippen molar-refractivity contribution in [3.63, 3.8) is 0 Å². The van der Waals surface area contributed by atoms with Gasteiger partial charge in [-0.05, 0) is 18.2 Å². The molecule has 3 nitrogen and oxygen atoms in total. The van der Waals surface area contributed by atoms with Crippen LogP contribution in [0.15, 0.2) is 35.2 Å². The van der Waals surface area contributed by atoms with E-state index in [1.807, 2.05) is 0 Å². The highest BCUT2D eigenvalue weighted by Gasteiger charge is 1.90. The third-order valence-electron chi connectivity index (χ3n) is 1.44. The van der Waals surface area contributed by atoms with E-state index >= 15 is 0 Å². The zero-order valence-electron chi connectivity index (χ0n) is 6.66. The smallest absolute Gasteiger partial charge is 0.249 e. The Labute approximate surface area is 64.1 Å². The van der Waals surface area contributed by atoms with Gasteiger partial charge in [0.05, 0.1) is 1.37 Å². The highest BCUT2D eigenvalue weighted by atomic mass is 16.1. The summed E-state index contributed by atoms with van der Waals surface area (Å²) < 4.78 is 7.21. The molecule has 0 aliphatic carbocycles. The van der Waals surface area contributed by atoms with E-state index in [0.717, 1.165) is 5.39 Å². The number of nitrogens with zero attached hydrogens (tertiary/aromatic N) is 1. The molecule has 2 aromatic rings. The molecule has 0 atom stereocenters. The number of hydrogen-bond acceptors (Lipinski definition) is 2. The predicted molar refractivity (Wildman–Crippen MR) is 42.4 cm³/mol. The summed E-state index contributed by atoms with van der Waals surface area (Å²) in [5.41, 5.74) is 0.274. The molecule has 0 bridgehead atoms. The van der Waals surface area contributed by atoms with Gasteiger partial charge in [0.15, 0.2) is 0 Å². The standard InChI is InChI=1S/C8H6N2O/c11-7-4-3-6-2-1-5-9-8(6)10-7/h1-5H,(H,9,10,11)/i5D. The van der Waals surface area contributed by atoms with Crippen molar-refractivity contribution in [1.82, 2.24) is 9.97 Å². The van der Waals surface area contributed by atoms with Crippen molar-refractivity contribution in [2.45, 2.75) is 0 Å². The number of H-pyrrole nitrogens is 1. The van der Waals surface area contributed by atoms with E-state index in [1.165, 1.54) is 6.07 Å². The number of fused-ring (bicyclic) bond motifs is 1. The molecule has 0 aliphatic heterocycles. The monoisotopic (exact) mass is 147 g/mol. The van der Waals surface area contributed by atoms with Crippen molar-refractivity contribution < 1.29 is 1.37 Å². The summed E-state index contributed by atoms with van der Waals surface area (Å²) in [5.74, 6) is 0. The highest BCUT2D eigenvalue weighted by Crippen LogP contribution is 2.02. The third-order valence-corrected chi connectivity index (χ3v) is 1.44. The fourth-order valence-corrected chi connectivity index (χ4v) is 0.931. The molecule has 0 spiro atoms. The SMILES string of the molecule is [2H]c1ccc2ccc(=O)[nH]c2n1. The minimum Gasteiger partial charge on any atom is -0.307 e. The van der Waals surface area contributed by atoms with E-state index in [0.29, 0.717) is 5.65 Å². The van der Waals surface area contributed by atoms with E-state index in [2.05, 4.69) is 9.97 Å². The molecular weight excluding hydrogens is 140 g/mol. The van der Waals surface area contributed by atoms with Crippen molar-refractivity contribution in [1.29, 1.82) is 0 Å². The van der Waals surface area contributed by atoms with Crippen LogP contribution in [-0.4, -0.2) is 9.97 Å². The summed E-state index contributed by atoms with van der Waals surface area (Å²) in [5, 5.41) is 0.839. The lowest BCUT2D eigenvalue weighted by Gasteiger charge is -1.92. The molecule has 1 N–H and O–H groups in total. The first-order valence-electron chi connectivity index (χ1n) is 3.72. The second-order valence-electron chi connectivity index (χ2n) is 2.20. The summed E-state index contributed by atoms with van der Waals surface area (Å²) in [6, 6.07) is 6.45. The first-order valence-corrected chi connectivity index (χ1v) is 3.22. The predicted octanol–water partition coefficient (Wildman–Crippen LogP) is 0.923. The molecule has 3 heteroatoms. The fourth-order valence-electron chi connectivity index (χ4n) is 0.931. The fraction of sp³-hybridized carbons (Fsp3) is 0. The lowest BCUT2D eigenvalue weighted by molar-refractivity contribution is 1.23. The van der Waals surface area contributed by atoms with Crippen LogP contribution >= 0.6 is 0 Å². The van der Waals surface area contributed by atoms with Crippen molar-refractivity contribution in [2.24, 2.45) is 0 Å². The number of aromatic amines is 1. The maximum atomic E-state index is 10.8. The first kappa shape index (κ1) is 5.07. The summed E-state index contributed by atoms with van der Waals surface area (Å²) in [4.78, 5) is 17.2. The summed E-state index contributed by atoms with van der Waals surface area (Å²) in [6.07, 6.45) is 0.157.